The number of carbonyl (C=O) groups excluding carboxylic acids is 1. The fourth-order valence-electron chi connectivity index (χ4n) is 2.22. The van der Waals surface area contributed by atoms with Crippen molar-refractivity contribution in [2.75, 3.05) is 19.5 Å². The predicted octanol–water partition coefficient (Wildman–Crippen LogP) is 0.835. The second kappa shape index (κ2) is 7.05. The smallest absolute Gasteiger partial charge is 0.278 e. The number of ether oxygens (including phenoxy) is 2. The van der Waals surface area contributed by atoms with Gasteiger partial charge in [-0.05, 0) is 18.2 Å². The van der Waals surface area contributed by atoms with Gasteiger partial charge in [-0.1, -0.05) is 0 Å². The molecule has 0 radical (unpaired) electrons. The number of hydrogen-bond donors (Lipinski definition) is 2. The van der Waals surface area contributed by atoms with Crippen molar-refractivity contribution >= 4 is 11.9 Å². The molecule has 0 aliphatic carbocycles. The molecule has 3 rings (SSSR count). The number of anilines is 1. The summed E-state index contributed by atoms with van der Waals surface area (Å²) in [6.07, 6.45) is 0. The van der Waals surface area contributed by atoms with Crippen LogP contribution in [-0.2, 0) is 7.05 Å². The Balaban J connectivity index is 1.83. The number of amides is 1. The zero-order valence-electron chi connectivity index (χ0n) is 14.3. The summed E-state index contributed by atoms with van der Waals surface area (Å²) in [7, 11) is 4.55. The van der Waals surface area contributed by atoms with Gasteiger partial charge in [-0.3, -0.25) is 20.0 Å². The minimum atomic E-state index is -0.534. The SMILES string of the molecule is COc1ccc(-c2nc(NC(=O)c3ccc(=O)n(C)n3)n[nH]2)c(OC)c1. The molecule has 0 aliphatic rings. The van der Waals surface area contributed by atoms with Crippen molar-refractivity contribution in [3.05, 3.63) is 46.4 Å². The summed E-state index contributed by atoms with van der Waals surface area (Å²) in [6.45, 7) is 0. The second-order valence-corrected chi connectivity index (χ2v) is 5.21. The van der Waals surface area contributed by atoms with Gasteiger partial charge in [0.05, 0.1) is 19.8 Å². The van der Waals surface area contributed by atoms with Gasteiger partial charge in [0.25, 0.3) is 11.5 Å². The number of rotatable bonds is 5. The van der Waals surface area contributed by atoms with Crippen molar-refractivity contribution in [1.29, 1.82) is 0 Å². The second-order valence-electron chi connectivity index (χ2n) is 5.21. The van der Waals surface area contributed by atoms with Gasteiger partial charge in [0, 0.05) is 19.2 Å². The Kier molecular flexibility index (Phi) is 4.65. The van der Waals surface area contributed by atoms with E-state index in [-0.39, 0.29) is 17.2 Å². The third-order valence-electron chi connectivity index (χ3n) is 3.57. The molecule has 0 bridgehead atoms. The van der Waals surface area contributed by atoms with Crippen molar-refractivity contribution in [2.24, 2.45) is 7.05 Å². The minimum Gasteiger partial charge on any atom is -0.497 e. The Morgan fingerprint density at radius 2 is 2.00 bits per heavy atom. The maximum atomic E-state index is 12.2. The van der Waals surface area contributed by atoms with Crippen LogP contribution in [0.25, 0.3) is 11.4 Å². The summed E-state index contributed by atoms with van der Waals surface area (Å²) in [5.41, 5.74) is 0.412. The number of nitrogens with zero attached hydrogens (tertiary/aromatic N) is 4. The van der Waals surface area contributed by atoms with E-state index in [1.807, 2.05) is 0 Å². The molecular formula is C16H16N6O4. The van der Waals surface area contributed by atoms with Crippen LogP contribution in [0.3, 0.4) is 0 Å². The van der Waals surface area contributed by atoms with Gasteiger partial charge in [0.15, 0.2) is 5.82 Å². The van der Waals surface area contributed by atoms with Crippen molar-refractivity contribution in [2.45, 2.75) is 0 Å². The van der Waals surface area contributed by atoms with Crippen LogP contribution in [0.1, 0.15) is 10.5 Å². The molecule has 134 valence electrons. The summed E-state index contributed by atoms with van der Waals surface area (Å²) >= 11 is 0. The number of hydrogen-bond acceptors (Lipinski definition) is 7. The van der Waals surface area contributed by atoms with Crippen LogP contribution in [0.4, 0.5) is 5.95 Å². The number of aryl methyl sites for hydroxylation is 1. The molecule has 0 saturated carbocycles. The van der Waals surface area contributed by atoms with Crippen LogP contribution >= 0.6 is 0 Å². The first kappa shape index (κ1) is 17.1. The molecule has 2 heterocycles. The lowest BCUT2D eigenvalue weighted by Gasteiger charge is -2.07. The van der Waals surface area contributed by atoms with Crippen LogP contribution in [0.15, 0.2) is 35.1 Å². The standard InChI is InChI=1S/C16H16N6O4/c1-22-13(23)7-6-11(21-22)15(24)18-16-17-14(19-20-16)10-5-4-9(25-2)8-12(10)26-3/h4-8H,1-3H3,(H2,17,18,19,20,24). The van der Waals surface area contributed by atoms with Crippen LogP contribution < -0.4 is 20.3 Å². The van der Waals surface area contributed by atoms with Crippen LogP contribution in [0.2, 0.25) is 0 Å². The summed E-state index contributed by atoms with van der Waals surface area (Å²) in [6, 6.07) is 7.82. The molecule has 0 fully saturated rings. The molecule has 1 amide bonds. The van der Waals surface area contributed by atoms with E-state index in [0.29, 0.717) is 22.9 Å². The zero-order chi connectivity index (χ0) is 18.7. The summed E-state index contributed by atoms with van der Waals surface area (Å²) < 4.78 is 11.6. The fourth-order valence-corrected chi connectivity index (χ4v) is 2.22. The maximum absolute atomic E-state index is 12.2. The number of aromatic amines is 1. The summed E-state index contributed by atoms with van der Waals surface area (Å²) in [4.78, 5) is 27.8. The van der Waals surface area contributed by atoms with Crippen LogP contribution in [-0.4, -0.2) is 45.1 Å². The van der Waals surface area contributed by atoms with E-state index in [0.717, 1.165) is 4.68 Å². The van der Waals surface area contributed by atoms with Gasteiger partial charge in [0.1, 0.15) is 17.2 Å². The molecule has 2 aromatic heterocycles. The van der Waals surface area contributed by atoms with E-state index in [4.69, 9.17) is 9.47 Å². The normalized spacial score (nSPS) is 10.4. The van der Waals surface area contributed by atoms with E-state index in [2.05, 4.69) is 25.6 Å². The molecule has 0 spiro atoms. The molecule has 2 N–H and O–H groups in total. The van der Waals surface area contributed by atoms with E-state index < -0.39 is 5.91 Å². The first-order valence-corrected chi connectivity index (χ1v) is 7.52. The Bertz CT molecular complexity index is 1010. The molecule has 0 saturated heterocycles. The van der Waals surface area contributed by atoms with Gasteiger partial charge in [-0.25, -0.2) is 4.68 Å². The lowest BCUT2D eigenvalue weighted by atomic mass is 10.2. The highest BCUT2D eigenvalue weighted by molar-refractivity contribution is 6.01. The highest BCUT2D eigenvalue weighted by Gasteiger charge is 2.15. The average Bonchev–Trinajstić information content (AvgIpc) is 3.11. The Labute approximate surface area is 147 Å². The average molecular weight is 356 g/mol. The van der Waals surface area contributed by atoms with Crippen LogP contribution in [0.5, 0.6) is 11.5 Å². The third kappa shape index (κ3) is 3.38. The van der Waals surface area contributed by atoms with Crippen molar-refractivity contribution in [1.82, 2.24) is 25.0 Å². The molecule has 10 heteroatoms. The van der Waals surface area contributed by atoms with Gasteiger partial charge in [-0.15, -0.1) is 5.10 Å². The molecule has 3 aromatic rings. The lowest BCUT2D eigenvalue weighted by molar-refractivity contribution is 0.101. The summed E-state index contributed by atoms with van der Waals surface area (Å²) in [5, 5.41) is 13.1. The number of H-pyrrole nitrogens is 1. The van der Waals surface area contributed by atoms with Gasteiger partial charge in [-0.2, -0.15) is 10.1 Å². The van der Waals surface area contributed by atoms with Crippen molar-refractivity contribution in [3.8, 4) is 22.9 Å². The lowest BCUT2D eigenvalue weighted by Crippen LogP contribution is -2.23. The summed E-state index contributed by atoms with van der Waals surface area (Å²) in [5.74, 6) is 1.12. The topological polar surface area (TPSA) is 124 Å². The van der Waals surface area contributed by atoms with Crippen molar-refractivity contribution < 1.29 is 14.3 Å². The third-order valence-corrected chi connectivity index (χ3v) is 3.57. The van der Waals surface area contributed by atoms with E-state index in [1.54, 1.807) is 25.3 Å². The van der Waals surface area contributed by atoms with E-state index in [9.17, 15) is 9.59 Å². The molecular weight excluding hydrogens is 340 g/mol. The zero-order valence-corrected chi connectivity index (χ0v) is 14.3. The van der Waals surface area contributed by atoms with E-state index in [1.165, 1.54) is 26.3 Å². The number of nitrogens with one attached hydrogen (secondary N) is 2. The molecule has 0 unspecified atom stereocenters. The Morgan fingerprint density at radius 3 is 2.69 bits per heavy atom. The first-order valence-electron chi connectivity index (χ1n) is 7.52. The van der Waals surface area contributed by atoms with Gasteiger partial charge < -0.3 is 9.47 Å². The van der Waals surface area contributed by atoms with Crippen LogP contribution in [0, 0.1) is 0 Å². The molecule has 1 aromatic carbocycles. The largest absolute Gasteiger partial charge is 0.497 e. The highest BCUT2D eigenvalue weighted by Crippen LogP contribution is 2.31. The minimum absolute atomic E-state index is 0.0681. The predicted molar refractivity (Wildman–Crippen MR) is 92.4 cm³/mol. The Morgan fingerprint density at radius 1 is 1.19 bits per heavy atom. The fraction of sp³-hybridized carbons (Fsp3) is 0.188. The number of aromatic nitrogens is 5. The monoisotopic (exact) mass is 356 g/mol. The highest BCUT2D eigenvalue weighted by atomic mass is 16.5. The van der Waals surface area contributed by atoms with Gasteiger partial charge >= 0.3 is 0 Å². The van der Waals surface area contributed by atoms with E-state index >= 15 is 0 Å². The van der Waals surface area contributed by atoms with Crippen molar-refractivity contribution in [3.63, 3.8) is 0 Å². The number of methoxy groups -OCH3 is 2. The quantitative estimate of drug-likeness (QED) is 0.694. The number of carbonyl (C=O) groups is 1. The molecule has 0 aliphatic heterocycles. The molecule has 26 heavy (non-hydrogen) atoms. The number of benzene rings is 1. The Hall–Kier alpha value is -3.69. The molecule has 0 atom stereocenters. The first-order chi connectivity index (χ1) is 12.5. The maximum Gasteiger partial charge on any atom is 0.278 e. The molecule has 10 nitrogen and oxygen atoms in total. The van der Waals surface area contributed by atoms with Gasteiger partial charge in [0.2, 0.25) is 5.95 Å².